The molecule has 3 aromatic rings. The molecule has 4 unspecified atom stereocenters. The standard InChI is InChI=1S/C30H33O7PS3/c1-3-29(31)34-20-24(22-39-26-14-8-5-9-15-26)36-38(33,41-28-18-12-7-13-19-28)37-25(21-35-30(32)4-2)23-40-27-16-10-6-11-17-27/h3-19,24-25,29,31H,1-2,20-23H2. The normalized spacial score (nSPS) is 14.8. The molecule has 0 bridgehead atoms. The van der Waals surface area contributed by atoms with Crippen LogP contribution in [0, 0.1) is 0 Å². The highest BCUT2D eigenvalue weighted by atomic mass is 32.7. The summed E-state index contributed by atoms with van der Waals surface area (Å²) in [5.41, 5.74) is 0. The van der Waals surface area contributed by atoms with Crippen LogP contribution in [-0.2, 0) is 27.9 Å². The van der Waals surface area contributed by atoms with Crippen LogP contribution in [0.15, 0.2) is 131 Å². The molecule has 0 aliphatic rings. The van der Waals surface area contributed by atoms with Gasteiger partial charge in [-0.05, 0) is 53.9 Å². The molecule has 0 saturated carbocycles. The van der Waals surface area contributed by atoms with Crippen molar-refractivity contribution in [3.8, 4) is 0 Å². The van der Waals surface area contributed by atoms with Gasteiger partial charge in [0.15, 0.2) is 6.29 Å². The third-order valence-electron chi connectivity index (χ3n) is 5.11. The quantitative estimate of drug-likeness (QED) is 0.0358. The predicted molar refractivity (Wildman–Crippen MR) is 167 cm³/mol. The lowest BCUT2D eigenvalue weighted by atomic mass is 10.4. The molecule has 0 aromatic heterocycles. The van der Waals surface area contributed by atoms with Crippen molar-refractivity contribution in [2.45, 2.75) is 33.2 Å². The number of carbonyl (C=O) groups excluding carboxylic acids is 1. The predicted octanol–water partition coefficient (Wildman–Crippen LogP) is 7.49. The Morgan fingerprint density at radius 3 is 1.71 bits per heavy atom. The number of rotatable bonds is 19. The molecule has 0 aliphatic heterocycles. The molecule has 4 atom stereocenters. The van der Waals surface area contributed by atoms with Crippen LogP contribution in [0.2, 0.25) is 0 Å². The lowest BCUT2D eigenvalue weighted by molar-refractivity contribution is -0.139. The van der Waals surface area contributed by atoms with Gasteiger partial charge in [-0.25, -0.2) is 9.36 Å². The highest BCUT2D eigenvalue weighted by Crippen LogP contribution is 2.65. The first-order valence-electron chi connectivity index (χ1n) is 12.7. The maximum absolute atomic E-state index is 14.5. The molecule has 0 heterocycles. The summed E-state index contributed by atoms with van der Waals surface area (Å²) >= 11 is 3.94. The summed E-state index contributed by atoms with van der Waals surface area (Å²) in [4.78, 5) is 14.5. The van der Waals surface area contributed by atoms with Crippen LogP contribution < -0.4 is 0 Å². The fraction of sp³-hybridized carbons (Fsp3) is 0.233. The largest absolute Gasteiger partial charge is 0.460 e. The SMILES string of the molecule is C=CC(=O)OCC(CSc1ccccc1)OP(=O)(OC(COC(O)C=C)CSc1ccccc1)Sc1ccccc1. The summed E-state index contributed by atoms with van der Waals surface area (Å²) in [7, 11) is 0. The smallest absolute Gasteiger partial charge is 0.394 e. The van der Waals surface area contributed by atoms with E-state index in [1.807, 2.05) is 78.9 Å². The summed E-state index contributed by atoms with van der Waals surface area (Å²) in [6.45, 7) is 2.81. The van der Waals surface area contributed by atoms with E-state index in [0.717, 1.165) is 27.2 Å². The van der Waals surface area contributed by atoms with Gasteiger partial charge in [0.05, 0.1) is 6.61 Å². The minimum Gasteiger partial charge on any atom is -0.460 e. The van der Waals surface area contributed by atoms with Crippen LogP contribution >= 0.6 is 41.7 Å². The molecule has 3 aromatic carbocycles. The third-order valence-corrected chi connectivity index (χ3v) is 11.0. The molecule has 1 N–H and O–H groups in total. The number of aliphatic hydroxyl groups is 1. The van der Waals surface area contributed by atoms with Gasteiger partial charge in [-0.3, -0.25) is 9.05 Å². The second-order valence-corrected chi connectivity index (χ2v) is 14.4. The number of ether oxygens (including phenoxy) is 2. The average Bonchev–Trinajstić information content (AvgIpc) is 3.01. The van der Waals surface area contributed by atoms with E-state index in [-0.39, 0.29) is 13.2 Å². The van der Waals surface area contributed by atoms with Gasteiger partial charge in [-0.1, -0.05) is 67.8 Å². The molecule has 0 amide bonds. The van der Waals surface area contributed by atoms with Crippen LogP contribution in [0.25, 0.3) is 0 Å². The number of carbonyl (C=O) groups is 1. The molecule has 7 nitrogen and oxygen atoms in total. The molecular formula is C30H33O7PS3. The van der Waals surface area contributed by atoms with Crippen molar-refractivity contribution in [2.75, 3.05) is 24.7 Å². The van der Waals surface area contributed by atoms with Crippen LogP contribution in [0.1, 0.15) is 0 Å². The molecule has 0 fully saturated rings. The maximum Gasteiger partial charge on any atom is 0.394 e. The molecule has 0 radical (unpaired) electrons. The Hall–Kier alpha value is -2.27. The van der Waals surface area contributed by atoms with Gasteiger partial charge >= 0.3 is 12.8 Å². The third kappa shape index (κ3) is 13.1. The Morgan fingerprint density at radius 2 is 1.24 bits per heavy atom. The van der Waals surface area contributed by atoms with Gasteiger partial charge in [0.1, 0.15) is 18.8 Å². The van der Waals surface area contributed by atoms with Gasteiger partial charge in [-0.15, -0.1) is 23.5 Å². The lowest BCUT2D eigenvalue weighted by Gasteiger charge is -2.27. The van der Waals surface area contributed by atoms with Crippen molar-refractivity contribution >= 4 is 47.7 Å². The van der Waals surface area contributed by atoms with Crippen molar-refractivity contribution in [1.29, 1.82) is 0 Å². The first kappa shape index (κ1) is 33.2. The van der Waals surface area contributed by atoms with E-state index >= 15 is 0 Å². The van der Waals surface area contributed by atoms with Crippen LogP contribution in [-0.4, -0.2) is 54.3 Å². The first-order chi connectivity index (χ1) is 19.9. The molecule has 3 rings (SSSR count). The van der Waals surface area contributed by atoms with Crippen molar-refractivity contribution in [1.82, 2.24) is 0 Å². The fourth-order valence-electron chi connectivity index (χ4n) is 3.18. The Morgan fingerprint density at radius 1 is 0.780 bits per heavy atom. The van der Waals surface area contributed by atoms with E-state index in [9.17, 15) is 14.5 Å². The Balaban J connectivity index is 1.84. The van der Waals surface area contributed by atoms with E-state index in [0.29, 0.717) is 16.4 Å². The number of benzene rings is 3. The molecule has 0 spiro atoms. The van der Waals surface area contributed by atoms with Gasteiger partial charge in [0, 0.05) is 32.3 Å². The highest BCUT2D eigenvalue weighted by Gasteiger charge is 2.35. The van der Waals surface area contributed by atoms with E-state index in [1.165, 1.54) is 29.6 Å². The Bertz CT molecular complexity index is 1250. The van der Waals surface area contributed by atoms with Gasteiger partial charge in [0.25, 0.3) is 0 Å². The zero-order valence-corrected chi connectivity index (χ0v) is 25.7. The number of esters is 1. The van der Waals surface area contributed by atoms with Gasteiger partial charge in [-0.2, -0.15) is 0 Å². The minimum atomic E-state index is -3.95. The zero-order chi connectivity index (χ0) is 29.3. The summed E-state index contributed by atoms with van der Waals surface area (Å²) in [5, 5.41) is 9.93. The van der Waals surface area contributed by atoms with E-state index in [4.69, 9.17) is 18.5 Å². The lowest BCUT2D eigenvalue weighted by Crippen LogP contribution is -2.27. The van der Waals surface area contributed by atoms with E-state index < -0.39 is 31.3 Å². The topological polar surface area (TPSA) is 91.3 Å². The number of aliphatic hydroxyl groups excluding tert-OH is 1. The van der Waals surface area contributed by atoms with Crippen molar-refractivity contribution < 1.29 is 33.0 Å². The molecule has 0 aliphatic carbocycles. The zero-order valence-electron chi connectivity index (χ0n) is 22.4. The second-order valence-electron chi connectivity index (χ2n) is 8.35. The molecule has 0 saturated heterocycles. The number of thioether (sulfide) groups is 2. The summed E-state index contributed by atoms with van der Waals surface area (Å²) in [5.74, 6) is 0.0938. The number of hydrogen-bond acceptors (Lipinski definition) is 10. The van der Waals surface area contributed by atoms with Crippen LogP contribution in [0.4, 0.5) is 0 Å². The summed E-state index contributed by atoms with van der Waals surface area (Å²) in [6, 6.07) is 28.5. The summed E-state index contributed by atoms with van der Waals surface area (Å²) in [6.07, 6.45) is -0.391. The summed E-state index contributed by atoms with van der Waals surface area (Å²) < 4.78 is 37.6. The van der Waals surface area contributed by atoms with Gasteiger partial charge in [0.2, 0.25) is 0 Å². The van der Waals surface area contributed by atoms with Crippen LogP contribution in [0.3, 0.4) is 0 Å². The molecule has 11 heteroatoms. The average molecular weight is 633 g/mol. The Kier molecular flexibility index (Phi) is 14.8. The fourth-order valence-corrected chi connectivity index (χ4v) is 8.97. The monoisotopic (exact) mass is 632 g/mol. The van der Waals surface area contributed by atoms with E-state index in [1.54, 1.807) is 12.1 Å². The highest BCUT2D eigenvalue weighted by molar-refractivity contribution is 8.55. The first-order valence-corrected chi connectivity index (χ1v) is 17.6. The molecular weight excluding hydrogens is 599 g/mol. The van der Waals surface area contributed by atoms with Crippen molar-refractivity contribution in [3.63, 3.8) is 0 Å². The second kappa shape index (κ2) is 18.3. The van der Waals surface area contributed by atoms with Crippen LogP contribution in [0.5, 0.6) is 0 Å². The van der Waals surface area contributed by atoms with Gasteiger partial charge < -0.3 is 14.6 Å². The molecule has 218 valence electrons. The molecule has 41 heavy (non-hydrogen) atoms. The maximum atomic E-state index is 14.5. The van der Waals surface area contributed by atoms with Crippen molar-refractivity contribution in [2.24, 2.45) is 0 Å². The van der Waals surface area contributed by atoms with E-state index in [2.05, 4.69) is 13.2 Å². The number of hydrogen-bond donors (Lipinski definition) is 1. The van der Waals surface area contributed by atoms with Crippen molar-refractivity contribution in [3.05, 3.63) is 116 Å². The minimum absolute atomic E-state index is 0.0649. The Labute approximate surface area is 254 Å².